The first-order chi connectivity index (χ1) is 10.3. The summed E-state index contributed by atoms with van der Waals surface area (Å²) < 4.78 is 0. The topological polar surface area (TPSA) is 87.3 Å². The Morgan fingerprint density at radius 3 is 2.45 bits per heavy atom. The minimum absolute atomic E-state index is 0.0245. The molecule has 0 aliphatic carbocycles. The molecular formula is C14H17Cl2N3O3. The van der Waals surface area contributed by atoms with Gasteiger partial charge in [0.25, 0.3) is 0 Å². The third-order valence-corrected chi connectivity index (χ3v) is 3.31. The molecule has 1 aromatic rings. The molecule has 3 amide bonds. The van der Waals surface area contributed by atoms with Crippen molar-refractivity contribution in [3.63, 3.8) is 0 Å². The highest BCUT2D eigenvalue weighted by molar-refractivity contribution is 6.45. The zero-order valence-corrected chi connectivity index (χ0v) is 13.7. The number of benzene rings is 1. The molecule has 3 N–H and O–H groups in total. The zero-order chi connectivity index (χ0) is 16.7. The Labute approximate surface area is 138 Å². The predicted molar refractivity (Wildman–Crippen MR) is 86.0 cm³/mol. The number of amides is 3. The normalized spacial score (nSPS) is 10.2. The second-order valence-electron chi connectivity index (χ2n) is 4.78. The fourth-order valence-electron chi connectivity index (χ4n) is 1.54. The first kappa shape index (κ1) is 18.3. The second-order valence-corrected chi connectivity index (χ2v) is 5.57. The Kier molecular flexibility index (Phi) is 7.14. The van der Waals surface area contributed by atoms with E-state index in [0.29, 0.717) is 0 Å². The van der Waals surface area contributed by atoms with Crippen molar-refractivity contribution in [3.8, 4) is 0 Å². The fourth-order valence-corrected chi connectivity index (χ4v) is 1.89. The summed E-state index contributed by atoms with van der Waals surface area (Å²) in [6, 6.07) is 4.71. The van der Waals surface area contributed by atoms with Crippen LogP contribution >= 0.6 is 23.2 Å². The summed E-state index contributed by atoms with van der Waals surface area (Å²) in [5, 5.41) is 7.81. The van der Waals surface area contributed by atoms with Crippen molar-refractivity contribution in [2.75, 3.05) is 11.9 Å². The molecule has 0 aliphatic rings. The van der Waals surface area contributed by atoms with Gasteiger partial charge in [-0.1, -0.05) is 29.3 Å². The molecule has 0 fully saturated rings. The minimum atomic E-state index is -0.881. The minimum Gasteiger partial charge on any atom is -0.354 e. The molecule has 0 saturated heterocycles. The van der Waals surface area contributed by atoms with Crippen LogP contribution in [0.3, 0.4) is 0 Å². The van der Waals surface area contributed by atoms with E-state index in [9.17, 15) is 14.4 Å². The van der Waals surface area contributed by atoms with Crippen molar-refractivity contribution in [2.45, 2.75) is 26.3 Å². The number of hydrogen-bond donors (Lipinski definition) is 3. The summed E-state index contributed by atoms with van der Waals surface area (Å²) in [6.07, 6.45) is 0.0924. The van der Waals surface area contributed by atoms with Crippen molar-refractivity contribution >= 4 is 46.6 Å². The number of hydrogen-bond acceptors (Lipinski definition) is 3. The highest BCUT2D eigenvalue weighted by atomic mass is 35.5. The van der Waals surface area contributed by atoms with Gasteiger partial charge in [-0.05, 0) is 26.0 Å². The molecule has 0 bridgehead atoms. The van der Waals surface area contributed by atoms with Crippen LogP contribution in [0, 0.1) is 0 Å². The van der Waals surface area contributed by atoms with Crippen LogP contribution in [0.15, 0.2) is 18.2 Å². The van der Waals surface area contributed by atoms with Crippen molar-refractivity contribution < 1.29 is 14.4 Å². The molecule has 0 aromatic heterocycles. The van der Waals surface area contributed by atoms with Gasteiger partial charge in [0.1, 0.15) is 0 Å². The van der Waals surface area contributed by atoms with E-state index in [1.54, 1.807) is 12.1 Å². The van der Waals surface area contributed by atoms with Gasteiger partial charge in [-0.2, -0.15) is 0 Å². The van der Waals surface area contributed by atoms with Gasteiger partial charge in [0.05, 0.1) is 15.7 Å². The van der Waals surface area contributed by atoms with Gasteiger partial charge in [0.15, 0.2) is 0 Å². The molecular weight excluding hydrogens is 329 g/mol. The molecule has 0 saturated carbocycles. The van der Waals surface area contributed by atoms with Crippen LogP contribution < -0.4 is 16.0 Å². The monoisotopic (exact) mass is 345 g/mol. The zero-order valence-electron chi connectivity index (χ0n) is 12.2. The predicted octanol–water partition coefficient (Wildman–Crippen LogP) is 1.96. The van der Waals surface area contributed by atoms with E-state index in [1.165, 1.54) is 6.07 Å². The third-order valence-electron chi connectivity index (χ3n) is 2.49. The van der Waals surface area contributed by atoms with Crippen LogP contribution in [0.5, 0.6) is 0 Å². The first-order valence-corrected chi connectivity index (χ1v) is 7.39. The first-order valence-electron chi connectivity index (χ1n) is 6.63. The highest BCUT2D eigenvalue weighted by Crippen LogP contribution is 2.29. The Morgan fingerprint density at radius 1 is 1.14 bits per heavy atom. The van der Waals surface area contributed by atoms with Gasteiger partial charge in [-0.25, -0.2) is 0 Å². The van der Waals surface area contributed by atoms with Crippen molar-refractivity contribution in [1.29, 1.82) is 0 Å². The molecule has 120 valence electrons. The standard InChI is InChI=1S/C14H17Cl2N3O3/c1-8(2)18-11(20)6-7-17-13(21)14(22)19-10-5-3-4-9(15)12(10)16/h3-5,8H,6-7H2,1-2H3,(H,17,21)(H,18,20)(H,19,22). The van der Waals surface area contributed by atoms with Crippen molar-refractivity contribution in [2.24, 2.45) is 0 Å². The highest BCUT2D eigenvalue weighted by Gasteiger charge is 2.16. The average Bonchev–Trinajstić information content (AvgIpc) is 2.42. The quantitative estimate of drug-likeness (QED) is 0.713. The number of rotatable bonds is 5. The summed E-state index contributed by atoms with van der Waals surface area (Å²) in [5.41, 5.74) is 0.242. The molecule has 0 aliphatic heterocycles. The number of carbonyl (C=O) groups excluding carboxylic acids is 3. The van der Waals surface area contributed by atoms with Gasteiger partial charge in [-0.15, -0.1) is 0 Å². The summed E-state index contributed by atoms with van der Waals surface area (Å²) >= 11 is 11.7. The van der Waals surface area contributed by atoms with Crippen LogP contribution in [0.25, 0.3) is 0 Å². The maximum absolute atomic E-state index is 11.7. The lowest BCUT2D eigenvalue weighted by molar-refractivity contribution is -0.136. The van der Waals surface area contributed by atoms with E-state index in [0.717, 1.165) is 0 Å². The van der Waals surface area contributed by atoms with E-state index in [1.807, 2.05) is 13.8 Å². The van der Waals surface area contributed by atoms with Crippen LogP contribution in [0.1, 0.15) is 20.3 Å². The number of nitrogens with one attached hydrogen (secondary N) is 3. The molecule has 0 spiro atoms. The van der Waals surface area contributed by atoms with Gasteiger partial charge in [0.2, 0.25) is 5.91 Å². The molecule has 0 atom stereocenters. The van der Waals surface area contributed by atoms with Gasteiger partial charge >= 0.3 is 11.8 Å². The number of halogens is 2. The van der Waals surface area contributed by atoms with E-state index < -0.39 is 11.8 Å². The Hall–Kier alpha value is -1.79. The van der Waals surface area contributed by atoms with E-state index in [2.05, 4.69) is 16.0 Å². The maximum Gasteiger partial charge on any atom is 0.313 e. The number of anilines is 1. The van der Waals surface area contributed by atoms with Crippen LogP contribution in [0.2, 0.25) is 10.0 Å². The molecule has 6 nitrogen and oxygen atoms in total. The molecule has 0 unspecified atom stereocenters. The SMILES string of the molecule is CC(C)NC(=O)CCNC(=O)C(=O)Nc1cccc(Cl)c1Cl. The lowest BCUT2D eigenvalue weighted by atomic mass is 10.3. The average molecular weight is 346 g/mol. The second kappa shape index (κ2) is 8.60. The van der Waals surface area contributed by atoms with E-state index >= 15 is 0 Å². The molecule has 0 heterocycles. The van der Waals surface area contributed by atoms with E-state index in [-0.39, 0.29) is 40.6 Å². The lowest BCUT2D eigenvalue weighted by Crippen LogP contribution is -2.38. The van der Waals surface area contributed by atoms with Crippen molar-refractivity contribution in [1.82, 2.24) is 10.6 Å². The molecule has 22 heavy (non-hydrogen) atoms. The van der Waals surface area contributed by atoms with Gasteiger partial charge < -0.3 is 16.0 Å². The summed E-state index contributed by atoms with van der Waals surface area (Å²) in [5.74, 6) is -1.93. The Morgan fingerprint density at radius 2 is 1.82 bits per heavy atom. The molecule has 1 rings (SSSR count). The molecule has 8 heteroatoms. The van der Waals surface area contributed by atoms with Crippen LogP contribution in [-0.2, 0) is 14.4 Å². The smallest absolute Gasteiger partial charge is 0.313 e. The largest absolute Gasteiger partial charge is 0.354 e. The van der Waals surface area contributed by atoms with Gasteiger partial charge in [-0.3, -0.25) is 14.4 Å². The lowest BCUT2D eigenvalue weighted by Gasteiger charge is -2.10. The fraction of sp³-hybridized carbons (Fsp3) is 0.357. The molecule has 0 radical (unpaired) electrons. The summed E-state index contributed by atoms with van der Waals surface area (Å²) in [6.45, 7) is 3.73. The van der Waals surface area contributed by atoms with Gasteiger partial charge in [0, 0.05) is 19.0 Å². The summed E-state index contributed by atoms with van der Waals surface area (Å²) in [4.78, 5) is 34.7. The Bertz CT molecular complexity index is 576. The van der Waals surface area contributed by atoms with Crippen molar-refractivity contribution in [3.05, 3.63) is 28.2 Å². The molecule has 1 aromatic carbocycles. The van der Waals surface area contributed by atoms with Crippen LogP contribution in [-0.4, -0.2) is 30.3 Å². The van der Waals surface area contributed by atoms with E-state index in [4.69, 9.17) is 23.2 Å². The maximum atomic E-state index is 11.7. The third kappa shape index (κ3) is 5.91. The number of carbonyl (C=O) groups is 3. The Balaban J connectivity index is 2.44. The summed E-state index contributed by atoms with van der Waals surface area (Å²) in [7, 11) is 0. The van der Waals surface area contributed by atoms with Crippen LogP contribution in [0.4, 0.5) is 5.69 Å².